The van der Waals surface area contributed by atoms with Crippen molar-refractivity contribution in [3.8, 4) is 0 Å². The molecule has 1 aromatic rings. The number of carbonyl (C=O) groups excluding carboxylic acids is 2. The third-order valence-electron chi connectivity index (χ3n) is 3.67. The average molecular weight is 305 g/mol. The molecule has 0 N–H and O–H groups in total. The Morgan fingerprint density at radius 1 is 1.27 bits per heavy atom. The molecule has 0 aromatic heterocycles. The van der Waals surface area contributed by atoms with Crippen LogP contribution in [0.4, 0.5) is 10.5 Å². The summed E-state index contributed by atoms with van der Waals surface area (Å²) in [6, 6.07) is 5.28. The summed E-state index contributed by atoms with van der Waals surface area (Å²) >= 11 is 0. The zero-order valence-electron chi connectivity index (χ0n) is 13.8. The van der Waals surface area contributed by atoms with Gasteiger partial charge in [-0.25, -0.2) is 9.59 Å². The van der Waals surface area contributed by atoms with Gasteiger partial charge in [-0.1, -0.05) is 6.92 Å². The van der Waals surface area contributed by atoms with Crippen molar-refractivity contribution >= 4 is 17.7 Å². The minimum atomic E-state index is -0.535. The number of ether oxygens (including phenoxy) is 2. The standard InChI is InChI=1S/C17H23NO4/c1-11-8-9-18(16(20)22-17(2,3)4)14-7-6-12(10-13(11)14)15(19)21-5/h6-7,10-11H,8-9H2,1-5H3/t11-/m0/s1. The summed E-state index contributed by atoms with van der Waals surface area (Å²) in [6.45, 7) is 8.24. The predicted molar refractivity (Wildman–Crippen MR) is 84.4 cm³/mol. The topological polar surface area (TPSA) is 55.8 Å². The molecule has 1 aromatic carbocycles. The molecule has 0 fully saturated rings. The normalized spacial score (nSPS) is 17.7. The second-order valence-electron chi connectivity index (χ2n) is 6.59. The van der Waals surface area contributed by atoms with Crippen molar-refractivity contribution in [2.45, 2.75) is 45.6 Å². The van der Waals surface area contributed by atoms with Gasteiger partial charge in [0.1, 0.15) is 5.60 Å². The molecule has 1 aliphatic rings. The Balaban J connectivity index is 2.35. The van der Waals surface area contributed by atoms with Gasteiger partial charge in [-0.15, -0.1) is 0 Å². The van der Waals surface area contributed by atoms with E-state index in [4.69, 9.17) is 9.47 Å². The number of fused-ring (bicyclic) bond motifs is 1. The summed E-state index contributed by atoms with van der Waals surface area (Å²) in [6.07, 6.45) is 0.475. The zero-order valence-corrected chi connectivity index (χ0v) is 13.8. The number of amides is 1. The second-order valence-corrected chi connectivity index (χ2v) is 6.59. The molecule has 1 aliphatic heterocycles. The lowest BCUT2D eigenvalue weighted by Gasteiger charge is -2.34. The van der Waals surface area contributed by atoms with Crippen molar-refractivity contribution in [2.24, 2.45) is 0 Å². The van der Waals surface area contributed by atoms with Gasteiger partial charge in [-0.3, -0.25) is 4.90 Å². The van der Waals surface area contributed by atoms with Gasteiger partial charge in [0.05, 0.1) is 18.4 Å². The van der Waals surface area contributed by atoms with Crippen LogP contribution in [0.5, 0.6) is 0 Å². The number of anilines is 1. The molecule has 5 heteroatoms. The Kier molecular flexibility index (Phi) is 4.44. The van der Waals surface area contributed by atoms with Gasteiger partial charge in [0.25, 0.3) is 0 Å². The molecule has 0 saturated carbocycles. The molecule has 0 unspecified atom stereocenters. The molecular formula is C17H23NO4. The highest BCUT2D eigenvalue weighted by Crippen LogP contribution is 2.36. The van der Waals surface area contributed by atoms with Gasteiger partial charge < -0.3 is 9.47 Å². The minimum Gasteiger partial charge on any atom is -0.465 e. The van der Waals surface area contributed by atoms with Crippen molar-refractivity contribution in [3.63, 3.8) is 0 Å². The maximum atomic E-state index is 12.4. The first-order valence-electron chi connectivity index (χ1n) is 7.45. The van der Waals surface area contributed by atoms with Crippen molar-refractivity contribution in [1.82, 2.24) is 0 Å². The molecule has 1 atom stereocenters. The fraction of sp³-hybridized carbons (Fsp3) is 0.529. The molecule has 2 rings (SSSR count). The average Bonchev–Trinajstić information content (AvgIpc) is 2.44. The lowest BCUT2D eigenvalue weighted by molar-refractivity contribution is 0.0575. The van der Waals surface area contributed by atoms with Crippen LogP contribution in [0.2, 0.25) is 0 Å². The summed E-state index contributed by atoms with van der Waals surface area (Å²) in [7, 11) is 1.36. The molecule has 1 heterocycles. The third-order valence-corrected chi connectivity index (χ3v) is 3.67. The monoisotopic (exact) mass is 305 g/mol. The van der Waals surface area contributed by atoms with Gasteiger partial charge in [0.2, 0.25) is 0 Å². The van der Waals surface area contributed by atoms with E-state index in [1.54, 1.807) is 17.0 Å². The van der Waals surface area contributed by atoms with Gasteiger partial charge >= 0.3 is 12.1 Å². The second kappa shape index (κ2) is 5.99. The number of carbonyl (C=O) groups is 2. The summed E-state index contributed by atoms with van der Waals surface area (Å²) in [5, 5.41) is 0. The molecule has 5 nitrogen and oxygen atoms in total. The van der Waals surface area contributed by atoms with Crippen LogP contribution in [-0.4, -0.2) is 31.3 Å². The molecule has 0 saturated heterocycles. The number of hydrogen-bond donors (Lipinski definition) is 0. The first-order valence-corrected chi connectivity index (χ1v) is 7.45. The van der Waals surface area contributed by atoms with Crippen molar-refractivity contribution < 1.29 is 19.1 Å². The number of hydrogen-bond acceptors (Lipinski definition) is 4. The number of esters is 1. The lowest BCUT2D eigenvalue weighted by atomic mass is 9.90. The van der Waals surface area contributed by atoms with Crippen LogP contribution < -0.4 is 4.90 Å². The number of methoxy groups -OCH3 is 1. The van der Waals surface area contributed by atoms with Crippen molar-refractivity contribution in [3.05, 3.63) is 29.3 Å². The van der Waals surface area contributed by atoms with Crippen LogP contribution in [-0.2, 0) is 9.47 Å². The molecular weight excluding hydrogens is 282 g/mol. The van der Waals surface area contributed by atoms with Crippen LogP contribution in [0.1, 0.15) is 56.0 Å². The van der Waals surface area contributed by atoms with E-state index >= 15 is 0 Å². The van der Waals surface area contributed by atoms with Gasteiger partial charge in [0.15, 0.2) is 0 Å². The summed E-state index contributed by atoms with van der Waals surface area (Å²) in [5.74, 6) is -0.0947. The van der Waals surface area contributed by atoms with Crippen LogP contribution in [0.15, 0.2) is 18.2 Å². The fourth-order valence-corrected chi connectivity index (χ4v) is 2.55. The first-order chi connectivity index (χ1) is 10.2. The summed E-state index contributed by atoms with van der Waals surface area (Å²) in [5.41, 5.74) is 1.74. The Morgan fingerprint density at radius 3 is 2.55 bits per heavy atom. The Hall–Kier alpha value is -2.04. The SMILES string of the molecule is COC(=O)c1ccc2c(c1)[C@@H](C)CCN2C(=O)OC(C)(C)C. The summed E-state index contributed by atoms with van der Waals surface area (Å²) < 4.78 is 10.2. The molecule has 0 bridgehead atoms. The molecule has 120 valence electrons. The van der Waals surface area contributed by atoms with Crippen LogP contribution in [0, 0.1) is 0 Å². The molecule has 0 radical (unpaired) electrons. The van der Waals surface area contributed by atoms with E-state index in [0.717, 1.165) is 17.7 Å². The Labute approximate surface area is 131 Å². The quantitative estimate of drug-likeness (QED) is 0.742. The third kappa shape index (κ3) is 3.40. The predicted octanol–water partition coefficient (Wildman–Crippen LogP) is 3.72. The number of benzene rings is 1. The maximum absolute atomic E-state index is 12.4. The van der Waals surface area contributed by atoms with Gasteiger partial charge in [-0.05, 0) is 56.9 Å². The van der Waals surface area contributed by atoms with Gasteiger partial charge in [0, 0.05) is 6.54 Å². The Morgan fingerprint density at radius 2 is 1.95 bits per heavy atom. The lowest BCUT2D eigenvalue weighted by Crippen LogP contribution is -2.40. The van der Waals surface area contributed by atoms with Crippen molar-refractivity contribution in [1.29, 1.82) is 0 Å². The highest BCUT2D eigenvalue weighted by atomic mass is 16.6. The van der Waals surface area contributed by atoms with E-state index in [9.17, 15) is 9.59 Å². The largest absolute Gasteiger partial charge is 0.465 e. The molecule has 0 aliphatic carbocycles. The minimum absolute atomic E-state index is 0.276. The first kappa shape index (κ1) is 16.3. The van der Waals surface area contributed by atoms with Crippen LogP contribution in [0.3, 0.4) is 0 Å². The van der Waals surface area contributed by atoms with E-state index in [1.165, 1.54) is 7.11 Å². The highest BCUT2D eigenvalue weighted by Gasteiger charge is 2.30. The van der Waals surface area contributed by atoms with E-state index in [2.05, 4.69) is 6.92 Å². The molecule has 1 amide bonds. The van der Waals surface area contributed by atoms with Crippen molar-refractivity contribution in [2.75, 3.05) is 18.6 Å². The van der Waals surface area contributed by atoms with E-state index in [0.29, 0.717) is 12.1 Å². The van der Waals surface area contributed by atoms with Gasteiger partial charge in [-0.2, -0.15) is 0 Å². The van der Waals surface area contributed by atoms with E-state index in [-0.39, 0.29) is 18.0 Å². The molecule has 0 spiro atoms. The fourth-order valence-electron chi connectivity index (χ4n) is 2.55. The van der Waals surface area contributed by atoms with Crippen LogP contribution >= 0.6 is 0 Å². The smallest absolute Gasteiger partial charge is 0.414 e. The van der Waals surface area contributed by atoms with Crippen LogP contribution in [0.25, 0.3) is 0 Å². The van der Waals surface area contributed by atoms with E-state index < -0.39 is 5.60 Å². The zero-order chi connectivity index (χ0) is 16.5. The maximum Gasteiger partial charge on any atom is 0.414 e. The highest BCUT2D eigenvalue weighted by molar-refractivity contribution is 5.93. The number of rotatable bonds is 1. The van der Waals surface area contributed by atoms with E-state index in [1.807, 2.05) is 26.8 Å². The number of nitrogens with zero attached hydrogens (tertiary/aromatic N) is 1. The summed E-state index contributed by atoms with van der Waals surface area (Å²) in [4.78, 5) is 25.7. The Bertz CT molecular complexity index is 589. The molecule has 22 heavy (non-hydrogen) atoms.